The van der Waals surface area contributed by atoms with Gasteiger partial charge in [0, 0.05) is 24.9 Å². The van der Waals surface area contributed by atoms with E-state index in [0.29, 0.717) is 0 Å². The van der Waals surface area contributed by atoms with Gasteiger partial charge in [-0.25, -0.2) is 0 Å². The summed E-state index contributed by atoms with van der Waals surface area (Å²) in [6.07, 6.45) is 0.918. The summed E-state index contributed by atoms with van der Waals surface area (Å²) in [5.74, 6) is -2.29. The van der Waals surface area contributed by atoms with Gasteiger partial charge < -0.3 is 21.3 Å². The maximum Gasteiger partial charge on any atom is 0.309 e. The highest BCUT2D eigenvalue weighted by atomic mass is 16.4. The Morgan fingerprint density at radius 1 is 1.35 bits per heavy atom. The highest BCUT2D eigenvalue weighted by molar-refractivity contribution is 5.74. The Kier molecular flexibility index (Phi) is 5.95. The van der Waals surface area contributed by atoms with E-state index in [1.54, 1.807) is 0 Å². The Morgan fingerprint density at radius 3 is 2.25 bits per heavy atom. The first-order chi connectivity index (χ1) is 9.33. The first-order valence-electron chi connectivity index (χ1n) is 7.26. The van der Waals surface area contributed by atoms with Gasteiger partial charge in [0.25, 0.3) is 0 Å². The maximum absolute atomic E-state index is 11.4. The number of carbonyl (C=O) groups excluding carboxylic acids is 1. The van der Waals surface area contributed by atoms with Crippen LogP contribution < -0.4 is 11.1 Å². The zero-order valence-corrected chi connectivity index (χ0v) is 12.4. The summed E-state index contributed by atoms with van der Waals surface area (Å²) in [5, 5.41) is 22.3. The molecule has 1 saturated carbocycles. The Bertz CT molecular complexity index is 357. The molecule has 0 unspecified atom stereocenters. The fraction of sp³-hybridized carbons (Fsp3) is 0.857. The number of aliphatic hydroxyl groups excluding tert-OH is 1. The molecular formula is C14H26N2O4. The van der Waals surface area contributed by atoms with Crippen LogP contribution in [0.25, 0.3) is 0 Å². The molecule has 5 N–H and O–H groups in total. The molecule has 0 saturated heterocycles. The summed E-state index contributed by atoms with van der Waals surface area (Å²) < 4.78 is 0. The molecule has 0 spiro atoms. The van der Waals surface area contributed by atoms with Crippen molar-refractivity contribution >= 4 is 11.9 Å². The Hall–Kier alpha value is -1.14. The van der Waals surface area contributed by atoms with Gasteiger partial charge in [0.05, 0.1) is 12.0 Å². The van der Waals surface area contributed by atoms with E-state index in [1.807, 2.05) is 13.8 Å². The summed E-state index contributed by atoms with van der Waals surface area (Å²) in [6, 6.07) is -0.694. The second-order valence-electron chi connectivity index (χ2n) is 5.72. The van der Waals surface area contributed by atoms with Crippen molar-refractivity contribution in [3.63, 3.8) is 0 Å². The van der Waals surface area contributed by atoms with Crippen molar-refractivity contribution in [2.45, 2.75) is 58.2 Å². The van der Waals surface area contributed by atoms with Crippen LogP contribution in [0.2, 0.25) is 0 Å². The maximum atomic E-state index is 11.4. The number of amides is 1. The quantitative estimate of drug-likeness (QED) is 0.562. The lowest BCUT2D eigenvalue weighted by Gasteiger charge is -2.35. The fourth-order valence-electron chi connectivity index (χ4n) is 3.40. The second-order valence-corrected chi connectivity index (χ2v) is 5.72. The molecule has 0 aromatic heterocycles. The lowest BCUT2D eigenvalue weighted by Crippen LogP contribution is -2.52. The summed E-state index contributed by atoms with van der Waals surface area (Å²) in [5.41, 5.74) is 6.05. The first-order valence-corrected chi connectivity index (χ1v) is 7.26. The van der Waals surface area contributed by atoms with Crippen LogP contribution in [0.15, 0.2) is 0 Å². The molecule has 1 amide bonds. The van der Waals surface area contributed by atoms with Crippen molar-refractivity contribution in [1.82, 2.24) is 5.32 Å². The number of carboxylic acid groups (broad SMARTS) is 1. The number of carbonyl (C=O) groups is 2. The van der Waals surface area contributed by atoms with E-state index in [4.69, 9.17) is 10.8 Å². The SMILES string of the molecule is CCC(CC)[C@H](NC(C)=O)[C@@H]1[C@H](O)[C@@H](C(=O)O)C[C@H]1N. The van der Waals surface area contributed by atoms with E-state index < -0.39 is 30.0 Å². The molecule has 0 bridgehead atoms. The topological polar surface area (TPSA) is 113 Å². The molecule has 0 aromatic rings. The van der Waals surface area contributed by atoms with Crippen molar-refractivity contribution < 1.29 is 19.8 Å². The molecule has 1 aliphatic carbocycles. The molecule has 1 fully saturated rings. The second kappa shape index (κ2) is 7.04. The van der Waals surface area contributed by atoms with Gasteiger partial charge in [0.2, 0.25) is 5.91 Å². The summed E-state index contributed by atoms with van der Waals surface area (Å²) in [7, 11) is 0. The highest BCUT2D eigenvalue weighted by Gasteiger charge is 2.49. The normalized spacial score (nSPS) is 31.3. The number of hydrogen-bond donors (Lipinski definition) is 4. The van der Waals surface area contributed by atoms with E-state index in [2.05, 4.69) is 5.32 Å². The van der Waals surface area contributed by atoms with Gasteiger partial charge in [0.15, 0.2) is 0 Å². The molecule has 6 nitrogen and oxygen atoms in total. The van der Waals surface area contributed by atoms with Crippen molar-refractivity contribution in [2.24, 2.45) is 23.5 Å². The van der Waals surface area contributed by atoms with Gasteiger partial charge in [-0.05, 0) is 12.3 Å². The van der Waals surface area contributed by atoms with Crippen molar-refractivity contribution in [1.29, 1.82) is 0 Å². The minimum absolute atomic E-state index is 0.178. The van der Waals surface area contributed by atoms with E-state index in [0.717, 1.165) is 12.8 Å². The fourth-order valence-corrected chi connectivity index (χ4v) is 3.40. The average Bonchev–Trinajstić information content (AvgIpc) is 2.65. The molecule has 5 atom stereocenters. The molecule has 0 aromatic carbocycles. The zero-order valence-electron chi connectivity index (χ0n) is 12.4. The number of nitrogens with one attached hydrogen (secondary N) is 1. The zero-order chi connectivity index (χ0) is 15.4. The predicted molar refractivity (Wildman–Crippen MR) is 74.9 cm³/mol. The third-order valence-corrected chi connectivity index (χ3v) is 4.49. The first kappa shape index (κ1) is 16.9. The van der Waals surface area contributed by atoms with Gasteiger partial charge in [-0.3, -0.25) is 9.59 Å². The lowest BCUT2D eigenvalue weighted by molar-refractivity contribution is -0.145. The third kappa shape index (κ3) is 3.49. The van der Waals surface area contributed by atoms with E-state index in [9.17, 15) is 14.7 Å². The minimum Gasteiger partial charge on any atom is -0.481 e. The van der Waals surface area contributed by atoms with Crippen LogP contribution in [0.4, 0.5) is 0 Å². The summed E-state index contributed by atoms with van der Waals surface area (Å²) >= 11 is 0. The monoisotopic (exact) mass is 286 g/mol. The smallest absolute Gasteiger partial charge is 0.309 e. The van der Waals surface area contributed by atoms with Gasteiger partial charge >= 0.3 is 5.97 Å². The van der Waals surface area contributed by atoms with Gasteiger partial charge in [-0.15, -0.1) is 0 Å². The highest BCUT2D eigenvalue weighted by Crippen LogP contribution is 2.36. The largest absolute Gasteiger partial charge is 0.481 e. The third-order valence-electron chi connectivity index (χ3n) is 4.49. The van der Waals surface area contributed by atoms with Crippen LogP contribution in [0.1, 0.15) is 40.0 Å². The number of rotatable bonds is 6. The van der Waals surface area contributed by atoms with Crippen LogP contribution in [0.3, 0.4) is 0 Å². The number of nitrogens with two attached hydrogens (primary N) is 1. The lowest BCUT2D eigenvalue weighted by atomic mass is 9.80. The minimum atomic E-state index is -1.03. The number of carboxylic acids is 1. The molecule has 20 heavy (non-hydrogen) atoms. The molecule has 1 aliphatic rings. The average molecular weight is 286 g/mol. The van der Waals surface area contributed by atoms with Crippen LogP contribution in [0, 0.1) is 17.8 Å². The van der Waals surface area contributed by atoms with Crippen molar-refractivity contribution in [2.75, 3.05) is 0 Å². The van der Waals surface area contributed by atoms with Gasteiger partial charge in [-0.1, -0.05) is 26.7 Å². The molecule has 0 radical (unpaired) electrons. The van der Waals surface area contributed by atoms with Gasteiger partial charge in [0.1, 0.15) is 0 Å². The molecule has 0 heterocycles. The van der Waals surface area contributed by atoms with Gasteiger partial charge in [-0.2, -0.15) is 0 Å². The van der Waals surface area contributed by atoms with Crippen LogP contribution in [0.5, 0.6) is 0 Å². The van der Waals surface area contributed by atoms with E-state index >= 15 is 0 Å². The van der Waals surface area contributed by atoms with Crippen molar-refractivity contribution in [3.05, 3.63) is 0 Å². The number of hydrogen-bond acceptors (Lipinski definition) is 4. The predicted octanol–water partition coefficient (Wildman–Crippen LogP) is 0.336. The van der Waals surface area contributed by atoms with Crippen LogP contribution in [-0.4, -0.2) is 40.3 Å². The Balaban J connectivity index is 3.00. The molecule has 6 heteroatoms. The standard InChI is InChI=1S/C14H26N2O4/c1-4-8(5-2)12(16-7(3)17)11-10(15)6-9(13(11)18)14(19)20/h8-13,18H,4-6,15H2,1-3H3,(H,16,17)(H,19,20)/t9-,10+,11+,12-,13+/m0/s1. The van der Waals surface area contributed by atoms with E-state index in [1.165, 1.54) is 6.92 Å². The number of aliphatic hydroxyl groups is 1. The Morgan fingerprint density at radius 2 is 1.90 bits per heavy atom. The van der Waals surface area contributed by atoms with E-state index in [-0.39, 0.29) is 24.3 Å². The number of aliphatic carboxylic acids is 1. The molecular weight excluding hydrogens is 260 g/mol. The molecule has 116 valence electrons. The van der Waals surface area contributed by atoms with Crippen LogP contribution in [-0.2, 0) is 9.59 Å². The van der Waals surface area contributed by atoms with Crippen LogP contribution >= 0.6 is 0 Å². The molecule has 0 aliphatic heterocycles. The summed E-state index contributed by atoms with van der Waals surface area (Å²) in [6.45, 7) is 5.46. The Labute approximate surface area is 119 Å². The summed E-state index contributed by atoms with van der Waals surface area (Å²) in [4.78, 5) is 22.6. The molecule has 1 rings (SSSR count). The van der Waals surface area contributed by atoms with Crippen molar-refractivity contribution in [3.8, 4) is 0 Å².